The minimum atomic E-state index is -1.12. The smallest absolute Gasteiger partial charge is 0.340 e. The molecule has 1 N–H and O–H groups in total. The summed E-state index contributed by atoms with van der Waals surface area (Å²) < 4.78 is 15.9. The lowest BCUT2D eigenvalue weighted by molar-refractivity contribution is -0.159. The van der Waals surface area contributed by atoms with Crippen molar-refractivity contribution in [3.05, 3.63) is 60.2 Å². The van der Waals surface area contributed by atoms with Gasteiger partial charge in [0, 0.05) is 18.6 Å². The molecule has 0 bridgehead atoms. The van der Waals surface area contributed by atoms with Gasteiger partial charge in [0.15, 0.2) is 0 Å². The van der Waals surface area contributed by atoms with Crippen LogP contribution < -0.4 is 0 Å². The largest absolute Gasteiger partial charge is 0.465 e. The standard InChI is InChI=1S/C33H39NO8/c1-4-22(30(36)41-21-26-20-40-26)16-25(31(37)39-15-9-14-35)18-33(2,3)32(38)42-34-19-29-27-12-7-5-10-23(27)17-24-11-6-8-13-28(24)29/h5-8,10-13,17,19,22,25-26,35H,4,9,14-16,18,20-21H2,1-3H3/b34-19+. The molecule has 3 aromatic carbocycles. The van der Waals surface area contributed by atoms with E-state index in [0.29, 0.717) is 19.4 Å². The molecule has 1 aliphatic rings. The zero-order valence-electron chi connectivity index (χ0n) is 24.4. The topological polar surface area (TPSA) is 124 Å². The van der Waals surface area contributed by atoms with E-state index in [9.17, 15) is 14.4 Å². The van der Waals surface area contributed by atoms with Gasteiger partial charge in [-0.3, -0.25) is 9.59 Å². The molecule has 0 aromatic heterocycles. The Morgan fingerprint density at radius 2 is 1.64 bits per heavy atom. The molecule has 9 heteroatoms. The summed E-state index contributed by atoms with van der Waals surface area (Å²) in [5.41, 5.74) is -0.288. The third-order valence-corrected chi connectivity index (χ3v) is 7.53. The Hall–Kier alpha value is -3.82. The molecule has 1 heterocycles. The van der Waals surface area contributed by atoms with Crippen molar-refractivity contribution < 1.29 is 38.5 Å². The van der Waals surface area contributed by atoms with Crippen LogP contribution in [0, 0.1) is 17.3 Å². The number of epoxide rings is 1. The van der Waals surface area contributed by atoms with E-state index >= 15 is 0 Å². The second-order valence-electron chi connectivity index (χ2n) is 11.3. The highest BCUT2D eigenvalue weighted by Crippen LogP contribution is 2.33. The number of carbonyl (C=O) groups is 3. The van der Waals surface area contributed by atoms with Crippen molar-refractivity contribution in [2.75, 3.05) is 26.4 Å². The number of ether oxygens (including phenoxy) is 3. The van der Waals surface area contributed by atoms with Gasteiger partial charge < -0.3 is 24.2 Å². The van der Waals surface area contributed by atoms with Gasteiger partial charge in [-0.25, -0.2) is 4.79 Å². The van der Waals surface area contributed by atoms with Gasteiger partial charge in [-0.15, -0.1) is 0 Å². The minimum Gasteiger partial charge on any atom is -0.465 e. The molecule has 0 amide bonds. The predicted octanol–water partition coefficient (Wildman–Crippen LogP) is 5.19. The van der Waals surface area contributed by atoms with Gasteiger partial charge in [-0.05, 0) is 60.7 Å². The number of hydrogen-bond acceptors (Lipinski definition) is 9. The molecular weight excluding hydrogens is 538 g/mol. The molecule has 0 radical (unpaired) electrons. The highest BCUT2D eigenvalue weighted by molar-refractivity contribution is 6.13. The van der Waals surface area contributed by atoms with Crippen LogP contribution >= 0.6 is 0 Å². The third kappa shape index (κ3) is 8.14. The quantitative estimate of drug-likeness (QED) is 0.0498. The van der Waals surface area contributed by atoms with Crippen molar-refractivity contribution in [1.29, 1.82) is 0 Å². The molecule has 42 heavy (non-hydrogen) atoms. The second kappa shape index (κ2) is 14.4. The van der Waals surface area contributed by atoms with Gasteiger partial charge in [0.25, 0.3) is 0 Å². The average molecular weight is 578 g/mol. The molecule has 3 atom stereocenters. The molecule has 3 unspecified atom stereocenters. The lowest BCUT2D eigenvalue weighted by atomic mass is 9.79. The first-order valence-electron chi connectivity index (χ1n) is 14.4. The van der Waals surface area contributed by atoms with Crippen molar-refractivity contribution in [1.82, 2.24) is 0 Å². The first-order valence-corrected chi connectivity index (χ1v) is 14.4. The van der Waals surface area contributed by atoms with Crippen LogP contribution in [0.3, 0.4) is 0 Å². The second-order valence-corrected chi connectivity index (χ2v) is 11.3. The maximum atomic E-state index is 13.2. The molecule has 0 spiro atoms. The number of nitrogens with zero attached hydrogens (tertiary/aromatic N) is 1. The molecular formula is C33H39NO8. The highest BCUT2D eigenvalue weighted by atomic mass is 16.7. The first kappa shape index (κ1) is 31.1. The van der Waals surface area contributed by atoms with Crippen LogP contribution in [0.1, 0.15) is 52.0 Å². The van der Waals surface area contributed by atoms with E-state index in [1.165, 1.54) is 0 Å². The van der Waals surface area contributed by atoms with Crippen LogP contribution in [0.25, 0.3) is 21.5 Å². The zero-order valence-corrected chi connectivity index (χ0v) is 24.4. The van der Waals surface area contributed by atoms with Gasteiger partial charge in [0.05, 0.1) is 36.7 Å². The fourth-order valence-electron chi connectivity index (χ4n) is 4.99. The number of benzene rings is 3. The van der Waals surface area contributed by atoms with Crippen molar-refractivity contribution >= 4 is 45.7 Å². The Kier molecular flexibility index (Phi) is 10.7. The Labute approximate surface area is 245 Å². The summed E-state index contributed by atoms with van der Waals surface area (Å²) >= 11 is 0. The van der Waals surface area contributed by atoms with Crippen LogP contribution in [-0.2, 0) is 33.4 Å². The number of fused-ring (bicyclic) bond motifs is 2. The molecule has 9 nitrogen and oxygen atoms in total. The molecule has 1 saturated heterocycles. The number of aliphatic hydroxyl groups is 1. The number of carbonyl (C=O) groups excluding carboxylic acids is 3. The first-order chi connectivity index (χ1) is 20.2. The molecule has 224 valence electrons. The maximum Gasteiger partial charge on any atom is 0.340 e. The molecule has 0 aliphatic carbocycles. The zero-order chi connectivity index (χ0) is 30.1. The molecule has 4 rings (SSSR count). The number of rotatable bonds is 15. The molecule has 0 saturated carbocycles. The number of hydrogen-bond donors (Lipinski definition) is 1. The van der Waals surface area contributed by atoms with E-state index in [1.807, 2.05) is 55.5 Å². The van der Waals surface area contributed by atoms with Crippen molar-refractivity contribution in [2.24, 2.45) is 22.4 Å². The van der Waals surface area contributed by atoms with E-state index in [4.69, 9.17) is 24.2 Å². The molecule has 1 fully saturated rings. The summed E-state index contributed by atoms with van der Waals surface area (Å²) in [4.78, 5) is 44.4. The highest BCUT2D eigenvalue weighted by Gasteiger charge is 2.39. The third-order valence-electron chi connectivity index (χ3n) is 7.53. The van der Waals surface area contributed by atoms with E-state index in [-0.39, 0.29) is 38.8 Å². The fraction of sp³-hybridized carbons (Fsp3) is 0.455. The lowest BCUT2D eigenvalue weighted by Crippen LogP contribution is -2.34. The number of esters is 2. The Morgan fingerprint density at radius 3 is 2.24 bits per heavy atom. The average Bonchev–Trinajstić information content (AvgIpc) is 3.82. The van der Waals surface area contributed by atoms with E-state index in [1.54, 1.807) is 20.1 Å². The van der Waals surface area contributed by atoms with Gasteiger partial charge in [0.1, 0.15) is 12.7 Å². The molecule has 1 aliphatic heterocycles. The van der Waals surface area contributed by atoms with Crippen LogP contribution in [-0.4, -0.2) is 61.8 Å². The van der Waals surface area contributed by atoms with Gasteiger partial charge >= 0.3 is 17.9 Å². The Balaban J connectivity index is 1.48. The van der Waals surface area contributed by atoms with Crippen LogP contribution in [0.5, 0.6) is 0 Å². The van der Waals surface area contributed by atoms with Crippen LogP contribution in [0.2, 0.25) is 0 Å². The SMILES string of the molecule is CCC(CC(CC(C)(C)C(=O)O/N=C/c1c2ccccc2cc2ccccc12)C(=O)OCCCO)C(=O)OCC1CO1. The summed E-state index contributed by atoms with van der Waals surface area (Å²) in [6.07, 6.45) is 2.46. The Bertz CT molecular complexity index is 1370. The summed E-state index contributed by atoms with van der Waals surface area (Å²) in [5, 5.41) is 17.2. The van der Waals surface area contributed by atoms with Crippen LogP contribution in [0.15, 0.2) is 59.8 Å². The molecule has 3 aromatic rings. The van der Waals surface area contributed by atoms with E-state index < -0.39 is 35.2 Å². The lowest BCUT2D eigenvalue weighted by Gasteiger charge is -2.27. The van der Waals surface area contributed by atoms with Crippen LogP contribution in [0.4, 0.5) is 0 Å². The van der Waals surface area contributed by atoms with Crippen molar-refractivity contribution in [3.63, 3.8) is 0 Å². The summed E-state index contributed by atoms with van der Waals surface area (Å²) in [6, 6.07) is 18.0. The van der Waals surface area contributed by atoms with Gasteiger partial charge in [-0.2, -0.15) is 0 Å². The number of aliphatic hydroxyl groups excluding tert-OH is 1. The minimum absolute atomic E-state index is 0.0419. The number of oxime groups is 1. The van der Waals surface area contributed by atoms with E-state index in [2.05, 4.69) is 11.2 Å². The van der Waals surface area contributed by atoms with Crippen molar-refractivity contribution in [2.45, 2.75) is 52.6 Å². The normalized spacial score (nSPS) is 16.3. The maximum absolute atomic E-state index is 13.2. The predicted molar refractivity (Wildman–Crippen MR) is 159 cm³/mol. The fourth-order valence-corrected chi connectivity index (χ4v) is 4.99. The summed E-state index contributed by atoms with van der Waals surface area (Å²) in [7, 11) is 0. The monoisotopic (exact) mass is 577 g/mol. The Morgan fingerprint density at radius 1 is 1.02 bits per heavy atom. The van der Waals surface area contributed by atoms with Gasteiger partial charge in [0.2, 0.25) is 0 Å². The summed E-state index contributed by atoms with van der Waals surface area (Å²) in [5.74, 6) is -2.88. The van der Waals surface area contributed by atoms with Gasteiger partial charge in [-0.1, -0.05) is 60.6 Å². The van der Waals surface area contributed by atoms with E-state index in [0.717, 1.165) is 27.1 Å². The van der Waals surface area contributed by atoms with Crippen molar-refractivity contribution in [3.8, 4) is 0 Å². The summed E-state index contributed by atoms with van der Waals surface area (Å²) in [6.45, 7) is 5.87.